The minimum Gasteiger partial charge on any atom is -0.756 e. The Hall–Kier alpha value is -3.07. The molecule has 0 aliphatic heterocycles. The van der Waals surface area contributed by atoms with Crippen LogP contribution in [0.2, 0.25) is 0 Å². The van der Waals surface area contributed by atoms with Crippen molar-refractivity contribution in [3.63, 3.8) is 0 Å². The summed E-state index contributed by atoms with van der Waals surface area (Å²) in [5.74, 6) is -0.830. The van der Waals surface area contributed by atoms with Gasteiger partial charge in [-0.15, -0.1) is 0 Å². The summed E-state index contributed by atoms with van der Waals surface area (Å²) in [6.07, 6.45) is 78.9. The molecule has 0 aliphatic rings. The Bertz CT molecular complexity index is 1620. The lowest BCUT2D eigenvalue weighted by atomic mass is 10.0. The van der Waals surface area contributed by atoms with Crippen LogP contribution in [-0.2, 0) is 32.7 Å². The molecular formula is C67H118NO8P. The maximum absolute atomic E-state index is 12.8. The molecule has 9 nitrogen and oxygen atoms in total. The smallest absolute Gasteiger partial charge is 0.306 e. The zero-order valence-electron chi connectivity index (χ0n) is 50.4. The molecule has 0 saturated carbocycles. The SMILES string of the molecule is CC/C=C\C/C=C\C/C=C\C/C=C\C/C=C\C/C=C\C/C=C\C/C=C\CCCCCCCCCCCCCCC(=O)OC(COC(=O)CCCCCCCCCCCCCCCCCC)COP(=O)([O-])OCC[N+](C)(C)C. The van der Waals surface area contributed by atoms with Gasteiger partial charge in [0, 0.05) is 12.8 Å². The molecule has 0 aliphatic carbocycles. The lowest BCUT2D eigenvalue weighted by molar-refractivity contribution is -0.870. The van der Waals surface area contributed by atoms with Gasteiger partial charge in [0.2, 0.25) is 0 Å². The second-order valence-electron chi connectivity index (χ2n) is 22.0. The van der Waals surface area contributed by atoms with Crippen molar-refractivity contribution in [2.45, 2.75) is 270 Å². The van der Waals surface area contributed by atoms with E-state index >= 15 is 0 Å². The number of carbonyl (C=O) groups excluding carboxylic acids is 2. The number of hydrogen-bond donors (Lipinski definition) is 0. The Labute approximate surface area is 474 Å². The molecule has 2 unspecified atom stereocenters. The van der Waals surface area contributed by atoms with Gasteiger partial charge >= 0.3 is 11.9 Å². The van der Waals surface area contributed by atoms with Crippen molar-refractivity contribution >= 4 is 19.8 Å². The monoisotopic (exact) mass is 1100 g/mol. The molecule has 444 valence electrons. The molecule has 0 rings (SSSR count). The highest BCUT2D eigenvalue weighted by molar-refractivity contribution is 7.45. The summed E-state index contributed by atoms with van der Waals surface area (Å²) in [5, 5.41) is 0. The van der Waals surface area contributed by atoms with Gasteiger partial charge in [0.05, 0.1) is 27.7 Å². The molecule has 0 aromatic heterocycles. The summed E-state index contributed by atoms with van der Waals surface area (Å²) in [4.78, 5) is 37.9. The van der Waals surface area contributed by atoms with E-state index in [1.165, 1.54) is 141 Å². The van der Waals surface area contributed by atoms with Crippen LogP contribution in [0.4, 0.5) is 0 Å². The van der Waals surface area contributed by atoms with Gasteiger partial charge in [-0.25, -0.2) is 0 Å². The molecule has 0 spiro atoms. The lowest BCUT2D eigenvalue weighted by Crippen LogP contribution is -2.37. The molecule has 10 heteroatoms. The number of unbranched alkanes of at least 4 members (excludes halogenated alkanes) is 27. The van der Waals surface area contributed by atoms with Crippen LogP contribution in [0.25, 0.3) is 0 Å². The summed E-state index contributed by atoms with van der Waals surface area (Å²) >= 11 is 0. The van der Waals surface area contributed by atoms with E-state index in [0.717, 1.165) is 89.9 Å². The van der Waals surface area contributed by atoms with Crippen molar-refractivity contribution in [2.75, 3.05) is 47.5 Å². The number of nitrogens with zero attached hydrogens (tertiary/aromatic N) is 1. The second kappa shape index (κ2) is 57.6. The van der Waals surface area contributed by atoms with Gasteiger partial charge in [0.1, 0.15) is 19.8 Å². The third kappa shape index (κ3) is 62.0. The molecule has 0 fully saturated rings. The van der Waals surface area contributed by atoms with E-state index in [4.69, 9.17) is 18.5 Å². The minimum atomic E-state index is -4.64. The third-order valence-electron chi connectivity index (χ3n) is 13.4. The number of rotatable bonds is 57. The van der Waals surface area contributed by atoms with Crippen LogP contribution < -0.4 is 4.89 Å². The van der Waals surface area contributed by atoms with Crippen LogP contribution in [0, 0.1) is 0 Å². The summed E-state index contributed by atoms with van der Waals surface area (Å²) in [6, 6.07) is 0. The topological polar surface area (TPSA) is 111 Å². The zero-order chi connectivity index (χ0) is 56.3. The molecule has 0 heterocycles. The highest BCUT2D eigenvalue weighted by atomic mass is 31.2. The quantitative estimate of drug-likeness (QED) is 0.0195. The van der Waals surface area contributed by atoms with Crippen molar-refractivity contribution in [3.05, 3.63) is 97.2 Å². The van der Waals surface area contributed by atoms with Crippen molar-refractivity contribution in [2.24, 2.45) is 0 Å². The Morgan fingerprint density at radius 2 is 0.740 bits per heavy atom. The molecule has 0 bridgehead atoms. The number of hydrogen-bond acceptors (Lipinski definition) is 8. The van der Waals surface area contributed by atoms with E-state index in [9.17, 15) is 19.0 Å². The second-order valence-corrected chi connectivity index (χ2v) is 23.5. The van der Waals surface area contributed by atoms with E-state index in [1.807, 2.05) is 21.1 Å². The molecule has 0 saturated heterocycles. The molecule has 0 aromatic rings. The maximum Gasteiger partial charge on any atom is 0.306 e. The Kier molecular flexibility index (Phi) is 55.3. The average Bonchev–Trinajstić information content (AvgIpc) is 3.39. The van der Waals surface area contributed by atoms with E-state index < -0.39 is 26.5 Å². The molecule has 77 heavy (non-hydrogen) atoms. The third-order valence-corrected chi connectivity index (χ3v) is 14.3. The predicted octanol–water partition coefficient (Wildman–Crippen LogP) is 19.4. The standard InChI is InChI=1S/C67H118NO8P/c1-6-8-10-12-14-16-18-20-22-24-25-26-27-28-29-30-31-32-33-34-35-36-37-38-39-40-41-42-43-44-46-48-50-52-54-56-58-60-67(70)76-65(64-75-77(71,72)74-62-61-68(3,4)5)63-73-66(69)59-57-55-53-51-49-47-45-23-21-19-17-15-13-11-9-7-2/h8,10,14,16,20,22,25-26,28-29,31-32,34-35,37-38,65H,6-7,9,11-13,15,17-19,21,23-24,27,30,33,36,39-64H2,1-5H3/b10-8-,16-14-,22-20-,26-25-,29-28-,32-31-,35-34-,38-37-. The first-order chi connectivity index (χ1) is 37.5. The average molecular weight is 1100 g/mol. The number of allylic oxidation sites excluding steroid dienone is 16. The van der Waals surface area contributed by atoms with Gasteiger partial charge in [-0.1, -0.05) is 272 Å². The molecule has 0 radical (unpaired) electrons. The Morgan fingerprint density at radius 3 is 1.10 bits per heavy atom. The fraction of sp³-hybridized carbons (Fsp3) is 0.731. The van der Waals surface area contributed by atoms with Gasteiger partial charge in [0.25, 0.3) is 7.82 Å². The number of phosphoric ester groups is 1. The summed E-state index contributed by atoms with van der Waals surface area (Å²) in [5.41, 5.74) is 0. The van der Waals surface area contributed by atoms with Crippen molar-refractivity contribution in [3.8, 4) is 0 Å². The first-order valence-corrected chi connectivity index (χ1v) is 32.9. The van der Waals surface area contributed by atoms with Crippen LogP contribution in [0.5, 0.6) is 0 Å². The minimum absolute atomic E-state index is 0.0329. The normalized spacial score (nSPS) is 13.9. The number of phosphoric acid groups is 1. The molecule has 0 amide bonds. The van der Waals surface area contributed by atoms with E-state index in [-0.39, 0.29) is 32.0 Å². The molecule has 2 atom stereocenters. The largest absolute Gasteiger partial charge is 0.756 e. The lowest BCUT2D eigenvalue weighted by Gasteiger charge is -2.28. The Balaban J connectivity index is 4.07. The molecule has 0 N–H and O–H groups in total. The number of likely N-dealkylation sites (N-methyl/N-ethyl adjacent to an activating group) is 1. The fourth-order valence-electron chi connectivity index (χ4n) is 8.56. The summed E-state index contributed by atoms with van der Waals surface area (Å²) in [7, 11) is 1.16. The van der Waals surface area contributed by atoms with Crippen LogP contribution in [0.3, 0.4) is 0 Å². The summed E-state index contributed by atoms with van der Waals surface area (Å²) < 4.78 is 34.2. The van der Waals surface area contributed by atoms with Crippen LogP contribution in [-0.4, -0.2) is 70.0 Å². The fourth-order valence-corrected chi connectivity index (χ4v) is 9.28. The van der Waals surface area contributed by atoms with Crippen molar-refractivity contribution < 1.29 is 42.1 Å². The van der Waals surface area contributed by atoms with Crippen LogP contribution in [0.15, 0.2) is 97.2 Å². The highest BCUT2D eigenvalue weighted by Crippen LogP contribution is 2.38. The van der Waals surface area contributed by atoms with Crippen molar-refractivity contribution in [1.29, 1.82) is 0 Å². The molecule has 0 aromatic carbocycles. The van der Waals surface area contributed by atoms with Crippen LogP contribution in [0.1, 0.15) is 264 Å². The Morgan fingerprint density at radius 1 is 0.416 bits per heavy atom. The van der Waals surface area contributed by atoms with Crippen molar-refractivity contribution in [1.82, 2.24) is 0 Å². The van der Waals surface area contributed by atoms with Gasteiger partial charge in [-0.3, -0.25) is 14.2 Å². The number of esters is 2. The first-order valence-electron chi connectivity index (χ1n) is 31.4. The highest BCUT2D eigenvalue weighted by Gasteiger charge is 2.22. The van der Waals surface area contributed by atoms with E-state index in [1.54, 1.807) is 0 Å². The first kappa shape index (κ1) is 73.9. The predicted molar refractivity (Wildman–Crippen MR) is 328 cm³/mol. The van der Waals surface area contributed by atoms with Gasteiger partial charge in [-0.05, 0) is 77.0 Å². The van der Waals surface area contributed by atoms with Gasteiger partial charge < -0.3 is 27.9 Å². The summed E-state index contributed by atoms with van der Waals surface area (Å²) in [6.45, 7) is 4.14. The van der Waals surface area contributed by atoms with Gasteiger partial charge in [0.15, 0.2) is 6.10 Å². The van der Waals surface area contributed by atoms with E-state index in [2.05, 4.69) is 111 Å². The van der Waals surface area contributed by atoms with E-state index in [0.29, 0.717) is 17.4 Å². The maximum atomic E-state index is 12.8. The van der Waals surface area contributed by atoms with Crippen LogP contribution >= 0.6 is 7.82 Å². The molecular weight excluding hydrogens is 978 g/mol. The zero-order valence-corrected chi connectivity index (χ0v) is 51.3. The number of quaternary nitrogens is 1. The number of ether oxygens (including phenoxy) is 2. The van der Waals surface area contributed by atoms with Gasteiger partial charge in [-0.2, -0.15) is 0 Å². The number of carbonyl (C=O) groups is 2.